The van der Waals surface area contributed by atoms with E-state index in [0.717, 1.165) is 30.0 Å². The Labute approximate surface area is 198 Å². The fourth-order valence-corrected chi connectivity index (χ4v) is 6.98. The van der Waals surface area contributed by atoms with E-state index in [1.165, 1.54) is 24.3 Å². The van der Waals surface area contributed by atoms with Crippen LogP contribution in [-0.4, -0.2) is 56.4 Å². The lowest BCUT2D eigenvalue weighted by Gasteiger charge is -2.37. The molecule has 2 heterocycles. The molecule has 33 heavy (non-hydrogen) atoms. The highest BCUT2D eigenvalue weighted by atomic mass is 35.5. The first-order chi connectivity index (χ1) is 15.6. The molecule has 2 aliphatic rings. The largest absolute Gasteiger partial charge is 0.346 e. The molecule has 1 N–H and O–H groups in total. The van der Waals surface area contributed by atoms with Crippen LogP contribution in [-0.2, 0) is 19.9 Å². The highest BCUT2D eigenvalue weighted by molar-refractivity contribution is 7.92. The molecule has 1 aliphatic carbocycles. The van der Waals surface area contributed by atoms with Gasteiger partial charge in [0.2, 0.25) is 0 Å². The lowest BCUT2D eigenvalue weighted by Crippen LogP contribution is -2.53. The number of fused-ring (bicyclic) bond motifs is 1. The number of benzene rings is 2. The quantitative estimate of drug-likeness (QED) is 0.565. The minimum Gasteiger partial charge on any atom is -0.346 e. The Kier molecular flexibility index (Phi) is 5.28. The third-order valence-electron chi connectivity index (χ3n) is 6.53. The van der Waals surface area contributed by atoms with Gasteiger partial charge in [0.05, 0.1) is 36.5 Å². The van der Waals surface area contributed by atoms with Crippen LogP contribution in [0.15, 0.2) is 52.3 Å². The lowest BCUT2D eigenvalue weighted by atomic mass is 10.1. The molecular formula is C22H25ClN4O4S2. The van der Waals surface area contributed by atoms with Crippen molar-refractivity contribution in [3.8, 4) is 0 Å². The summed E-state index contributed by atoms with van der Waals surface area (Å²) in [5.74, 6) is 0.567. The molecule has 1 aromatic heterocycles. The van der Waals surface area contributed by atoms with Crippen LogP contribution >= 0.6 is 11.6 Å². The highest BCUT2D eigenvalue weighted by Crippen LogP contribution is 2.47. The first-order valence-corrected chi connectivity index (χ1v) is 14.2. The van der Waals surface area contributed by atoms with Crippen LogP contribution in [0.4, 0.5) is 5.82 Å². The second-order valence-corrected chi connectivity index (χ2v) is 13.6. The summed E-state index contributed by atoms with van der Waals surface area (Å²) in [5.41, 5.74) is 0.339. The molecule has 1 saturated carbocycles. The maximum absolute atomic E-state index is 13.6. The summed E-state index contributed by atoms with van der Waals surface area (Å²) in [5, 5.41) is 8.44. The molecule has 8 nitrogen and oxygen atoms in total. The molecule has 1 spiro atoms. The third kappa shape index (κ3) is 3.54. The van der Waals surface area contributed by atoms with Crippen LogP contribution in [0.5, 0.6) is 0 Å². The van der Waals surface area contributed by atoms with E-state index in [-0.39, 0.29) is 15.3 Å². The summed E-state index contributed by atoms with van der Waals surface area (Å²) in [6.45, 7) is 5.48. The Bertz CT molecular complexity index is 1440. The zero-order valence-corrected chi connectivity index (χ0v) is 20.7. The summed E-state index contributed by atoms with van der Waals surface area (Å²) in [6, 6.07) is 10.4. The molecule has 0 atom stereocenters. The fraction of sp³-hybridized carbons (Fsp3) is 0.409. The van der Waals surface area contributed by atoms with Gasteiger partial charge >= 0.3 is 0 Å². The van der Waals surface area contributed by atoms with Gasteiger partial charge in [-0.05, 0) is 63.1 Å². The second-order valence-electron chi connectivity index (χ2n) is 8.92. The van der Waals surface area contributed by atoms with Crippen molar-refractivity contribution in [2.24, 2.45) is 0 Å². The number of hydrogen-bond donors (Lipinski definition) is 1. The van der Waals surface area contributed by atoms with Crippen LogP contribution in [0.3, 0.4) is 0 Å². The van der Waals surface area contributed by atoms with Crippen LogP contribution in [0.25, 0.3) is 10.9 Å². The molecule has 0 radical (unpaired) electrons. The van der Waals surface area contributed by atoms with Crippen molar-refractivity contribution >= 4 is 48.2 Å². The van der Waals surface area contributed by atoms with Gasteiger partial charge < -0.3 is 10.2 Å². The number of aromatic nitrogens is 2. The monoisotopic (exact) mass is 508 g/mol. The van der Waals surface area contributed by atoms with Gasteiger partial charge in [0, 0.05) is 19.6 Å². The topological polar surface area (TPSA) is 101 Å². The lowest BCUT2D eigenvalue weighted by molar-refractivity contribution is 0.460. The van der Waals surface area contributed by atoms with E-state index in [9.17, 15) is 16.8 Å². The maximum Gasteiger partial charge on any atom is 0.283 e. The number of piperazine rings is 1. The van der Waals surface area contributed by atoms with Crippen molar-refractivity contribution in [2.75, 3.05) is 24.5 Å². The van der Waals surface area contributed by atoms with Gasteiger partial charge in [-0.1, -0.05) is 17.7 Å². The van der Waals surface area contributed by atoms with E-state index in [0.29, 0.717) is 28.3 Å². The standard InChI is InChI=1S/C22H25ClN4O4S2/c1-15(2)32(28,29)16-6-8-17(9-7-16)33(30,31)27-19-5-3-4-18(23)20(19)21(25-27)26-13-12-24-14-22(26)10-11-22/h3-9,15,24H,10-14H2,1-2H3. The zero-order chi connectivity index (χ0) is 23.6. The predicted molar refractivity (Wildman–Crippen MR) is 128 cm³/mol. The normalized spacial score (nSPS) is 18.4. The molecule has 1 saturated heterocycles. The van der Waals surface area contributed by atoms with E-state index in [2.05, 4.69) is 15.3 Å². The fourth-order valence-electron chi connectivity index (χ4n) is 4.39. The van der Waals surface area contributed by atoms with Crippen LogP contribution in [0, 0.1) is 0 Å². The maximum atomic E-state index is 13.6. The Hall–Kier alpha value is -2.14. The van der Waals surface area contributed by atoms with Gasteiger partial charge in [-0.2, -0.15) is 12.5 Å². The molecule has 0 amide bonds. The van der Waals surface area contributed by atoms with E-state index in [4.69, 9.17) is 11.6 Å². The number of anilines is 1. The number of hydrogen-bond acceptors (Lipinski definition) is 7. The van der Waals surface area contributed by atoms with Gasteiger partial charge in [-0.3, -0.25) is 0 Å². The van der Waals surface area contributed by atoms with Crippen molar-refractivity contribution in [2.45, 2.75) is 47.3 Å². The molecule has 3 aromatic rings. The minimum absolute atomic E-state index is 0.0393. The van der Waals surface area contributed by atoms with E-state index in [1.807, 2.05) is 0 Å². The summed E-state index contributed by atoms with van der Waals surface area (Å²) < 4.78 is 53.1. The average molecular weight is 509 g/mol. The smallest absolute Gasteiger partial charge is 0.283 e. The number of halogens is 1. The summed E-state index contributed by atoms with van der Waals surface area (Å²) >= 11 is 6.55. The zero-order valence-electron chi connectivity index (χ0n) is 18.3. The number of nitrogens with zero attached hydrogens (tertiary/aromatic N) is 3. The number of nitrogens with one attached hydrogen (secondary N) is 1. The molecule has 5 rings (SSSR count). The molecule has 2 fully saturated rings. The Balaban J connectivity index is 1.64. The van der Waals surface area contributed by atoms with Crippen molar-refractivity contribution in [1.82, 2.24) is 14.5 Å². The molecular weight excluding hydrogens is 484 g/mol. The first-order valence-electron chi connectivity index (χ1n) is 10.8. The SMILES string of the molecule is CC(C)S(=O)(=O)c1ccc(S(=O)(=O)n2nc(N3CCNCC34CC4)c3c(Cl)cccc32)cc1. The molecule has 0 bridgehead atoms. The summed E-state index contributed by atoms with van der Waals surface area (Å²) in [7, 11) is -7.60. The van der Waals surface area contributed by atoms with Gasteiger partial charge in [0.1, 0.15) is 0 Å². The minimum atomic E-state index is -4.09. The van der Waals surface area contributed by atoms with Crippen LogP contribution in [0.1, 0.15) is 26.7 Å². The number of sulfone groups is 1. The summed E-state index contributed by atoms with van der Waals surface area (Å²) in [4.78, 5) is 2.23. The average Bonchev–Trinajstić information content (AvgIpc) is 3.42. The number of rotatable bonds is 5. The van der Waals surface area contributed by atoms with E-state index >= 15 is 0 Å². The van der Waals surface area contributed by atoms with Gasteiger partial charge in [0.25, 0.3) is 10.0 Å². The van der Waals surface area contributed by atoms with Gasteiger partial charge in [0.15, 0.2) is 15.7 Å². The molecule has 176 valence electrons. The van der Waals surface area contributed by atoms with Crippen LogP contribution < -0.4 is 10.2 Å². The van der Waals surface area contributed by atoms with Crippen LogP contribution in [0.2, 0.25) is 5.02 Å². The third-order valence-corrected chi connectivity index (χ3v) is 10.6. The van der Waals surface area contributed by atoms with Crippen molar-refractivity contribution in [3.63, 3.8) is 0 Å². The Morgan fingerprint density at radius 3 is 2.33 bits per heavy atom. The van der Waals surface area contributed by atoms with Crippen molar-refractivity contribution in [1.29, 1.82) is 0 Å². The first kappa shape index (κ1) is 22.6. The molecule has 2 aromatic carbocycles. The molecule has 11 heteroatoms. The van der Waals surface area contributed by atoms with Crippen molar-refractivity contribution < 1.29 is 16.8 Å². The van der Waals surface area contributed by atoms with Gasteiger partial charge in [-0.25, -0.2) is 8.42 Å². The Morgan fingerprint density at radius 2 is 1.70 bits per heavy atom. The predicted octanol–water partition coefficient (Wildman–Crippen LogP) is 3.05. The highest BCUT2D eigenvalue weighted by Gasteiger charge is 2.50. The van der Waals surface area contributed by atoms with Gasteiger partial charge in [-0.15, -0.1) is 5.10 Å². The van der Waals surface area contributed by atoms with E-state index < -0.39 is 25.1 Å². The molecule has 0 unspecified atom stereocenters. The van der Waals surface area contributed by atoms with E-state index in [1.54, 1.807) is 32.0 Å². The molecule has 1 aliphatic heterocycles. The van der Waals surface area contributed by atoms with Crippen molar-refractivity contribution in [3.05, 3.63) is 47.5 Å². The second kappa shape index (κ2) is 7.69. The Morgan fingerprint density at radius 1 is 1.03 bits per heavy atom. The summed E-state index contributed by atoms with van der Waals surface area (Å²) in [6.07, 6.45) is 2.02.